The Morgan fingerprint density at radius 1 is 1.18 bits per heavy atom. The van der Waals surface area contributed by atoms with Crippen LogP contribution in [-0.4, -0.2) is 19.7 Å². The van der Waals surface area contributed by atoms with Gasteiger partial charge in [0.05, 0.1) is 7.11 Å². The van der Waals surface area contributed by atoms with Crippen molar-refractivity contribution in [3.05, 3.63) is 29.8 Å². The highest BCUT2D eigenvalue weighted by molar-refractivity contribution is 5.30. The maximum Gasteiger partial charge on any atom is 0.118 e. The predicted molar refractivity (Wildman–Crippen MR) is 71.7 cm³/mol. The molecule has 0 aliphatic heterocycles. The molecule has 0 radical (unpaired) electrons. The Bertz CT molecular complexity index is 331. The van der Waals surface area contributed by atoms with E-state index in [1.165, 1.54) is 31.2 Å². The zero-order valence-electron chi connectivity index (χ0n) is 10.9. The van der Waals surface area contributed by atoms with Gasteiger partial charge in [-0.3, -0.25) is 0 Å². The summed E-state index contributed by atoms with van der Waals surface area (Å²) in [5, 5.41) is 3.63. The van der Waals surface area contributed by atoms with Crippen LogP contribution in [0.2, 0.25) is 0 Å². The van der Waals surface area contributed by atoms with Gasteiger partial charge in [-0.25, -0.2) is 0 Å². The highest BCUT2D eigenvalue weighted by Gasteiger charge is 2.25. The second kappa shape index (κ2) is 6.06. The third-order valence-electron chi connectivity index (χ3n) is 3.78. The van der Waals surface area contributed by atoms with Gasteiger partial charge in [0.1, 0.15) is 5.75 Å². The van der Waals surface area contributed by atoms with Crippen LogP contribution in [0.3, 0.4) is 0 Å². The number of nitrogens with one attached hydrogen (secondary N) is 1. The molecule has 0 spiro atoms. The standard InChI is InChI=1S/C15H23NO/c1-3-16-15-7-5-4-6-14(15)12-8-10-13(17-2)11-9-12/h8-11,14-16H,3-7H2,1-2H3. The maximum absolute atomic E-state index is 5.22. The lowest BCUT2D eigenvalue weighted by molar-refractivity contribution is 0.332. The molecule has 1 N–H and O–H groups in total. The van der Waals surface area contributed by atoms with Crippen LogP contribution in [-0.2, 0) is 0 Å². The molecule has 0 saturated heterocycles. The SMILES string of the molecule is CCNC1CCCCC1c1ccc(OC)cc1. The number of methoxy groups -OCH3 is 1. The van der Waals surface area contributed by atoms with Gasteiger partial charge in [-0.2, -0.15) is 0 Å². The van der Waals surface area contributed by atoms with E-state index in [-0.39, 0.29) is 0 Å². The first-order valence-electron chi connectivity index (χ1n) is 6.72. The Labute approximate surface area is 104 Å². The molecule has 2 atom stereocenters. The predicted octanol–water partition coefficient (Wildman–Crippen LogP) is 3.33. The minimum absolute atomic E-state index is 0.655. The fourth-order valence-electron chi connectivity index (χ4n) is 2.89. The minimum atomic E-state index is 0.655. The lowest BCUT2D eigenvalue weighted by Gasteiger charge is -2.32. The smallest absolute Gasteiger partial charge is 0.118 e. The molecule has 1 fully saturated rings. The van der Waals surface area contributed by atoms with Gasteiger partial charge in [-0.1, -0.05) is 31.9 Å². The molecule has 94 valence electrons. The molecule has 0 bridgehead atoms. The van der Waals surface area contributed by atoms with E-state index in [1.54, 1.807) is 7.11 Å². The minimum Gasteiger partial charge on any atom is -0.497 e. The van der Waals surface area contributed by atoms with Gasteiger partial charge in [-0.15, -0.1) is 0 Å². The van der Waals surface area contributed by atoms with Crippen molar-refractivity contribution in [3.8, 4) is 5.75 Å². The summed E-state index contributed by atoms with van der Waals surface area (Å²) in [5.74, 6) is 1.62. The highest BCUT2D eigenvalue weighted by atomic mass is 16.5. The van der Waals surface area contributed by atoms with Crippen LogP contribution in [0.15, 0.2) is 24.3 Å². The van der Waals surface area contributed by atoms with Crippen molar-refractivity contribution in [2.75, 3.05) is 13.7 Å². The average molecular weight is 233 g/mol. The third kappa shape index (κ3) is 3.01. The van der Waals surface area contributed by atoms with Crippen molar-refractivity contribution in [2.24, 2.45) is 0 Å². The van der Waals surface area contributed by atoms with Crippen LogP contribution in [0.4, 0.5) is 0 Å². The summed E-state index contributed by atoms with van der Waals surface area (Å²) in [5.41, 5.74) is 1.46. The van der Waals surface area contributed by atoms with Gasteiger partial charge in [0.2, 0.25) is 0 Å². The van der Waals surface area contributed by atoms with E-state index < -0.39 is 0 Å². The largest absolute Gasteiger partial charge is 0.497 e. The third-order valence-corrected chi connectivity index (χ3v) is 3.78. The first-order chi connectivity index (χ1) is 8.35. The van der Waals surface area contributed by atoms with E-state index in [9.17, 15) is 0 Å². The van der Waals surface area contributed by atoms with Crippen LogP contribution in [0.5, 0.6) is 5.75 Å². The van der Waals surface area contributed by atoms with Crippen molar-refractivity contribution in [3.63, 3.8) is 0 Å². The molecule has 2 unspecified atom stereocenters. The highest BCUT2D eigenvalue weighted by Crippen LogP contribution is 2.33. The van der Waals surface area contributed by atoms with Crippen LogP contribution in [0, 0.1) is 0 Å². The van der Waals surface area contributed by atoms with E-state index in [0.717, 1.165) is 12.3 Å². The van der Waals surface area contributed by atoms with Crippen molar-refractivity contribution in [1.82, 2.24) is 5.32 Å². The summed E-state index contributed by atoms with van der Waals surface area (Å²) in [7, 11) is 1.72. The van der Waals surface area contributed by atoms with Crippen molar-refractivity contribution < 1.29 is 4.74 Å². The zero-order valence-corrected chi connectivity index (χ0v) is 10.9. The number of rotatable bonds is 4. The van der Waals surface area contributed by atoms with Crippen molar-refractivity contribution >= 4 is 0 Å². The Hall–Kier alpha value is -1.02. The molecule has 17 heavy (non-hydrogen) atoms. The lowest BCUT2D eigenvalue weighted by atomic mass is 9.80. The first-order valence-corrected chi connectivity index (χ1v) is 6.72. The molecule has 0 aromatic heterocycles. The summed E-state index contributed by atoms with van der Waals surface area (Å²) >= 11 is 0. The Morgan fingerprint density at radius 3 is 2.53 bits per heavy atom. The van der Waals surface area contributed by atoms with Gasteiger partial charge < -0.3 is 10.1 Å². The molecule has 1 aromatic rings. The van der Waals surface area contributed by atoms with Gasteiger partial charge >= 0.3 is 0 Å². The Balaban J connectivity index is 2.11. The van der Waals surface area contributed by atoms with Crippen molar-refractivity contribution in [1.29, 1.82) is 0 Å². The first kappa shape index (κ1) is 12.4. The molecule has 2 nitrogen and oxygen atoms in total. The van der Waals surface area contributed by atoms with Crippen molar-refractivity contribution in [2.45, 2.75) is 44.6 Å². The molecular formula is C15H23NO. The van der Waals surface area contributed by atoms with Gasteiger partial charge in [0.15, 0.2) is 0 Å². The van der Waals surface area contributed by atoms with Gasteiger partial charge in [0.25, 0.3) is 0 Å². The second-order valence-corrected chi connectivity index (χ2v) is 4.83. The molecule has 2 rings (SSSR count). The normalized spacial score (nSPS) is 24.6. The maximum atomic E-state index is 5.22. The van der Waals surface area contributed by atoms with E-state index >= 15 is 0 Å². The van der Waals surface area contributed by atoms with Crippen LogP contribution in [0.25, 0.3) is 0 Å². The van der Waals surface area contributed by atoms with E-state index in [1.807, 2.05) is 0 Å². The Kier molecular flexibility index (Phi) is 4.43. The molecule has 0 amide bonds. The summed E-state index contributed by atoms with van der Waals surface area (Å²) < 4.78 is 5.22. The molecule has 1 aromatic carbocycles. The Morgan fingerprint density at radius 2 is 1.88 bits per heavy atom. The molecule has 2 heteroatoms. The van der Waals surface area contributed by atoms with E-state index in [0.29, 0.717) is 12.0 Å². The van der Waals surface area contributed by atoms with E-state index in [4.69, 9.17) is 4.74 Å². The second-order valence-electron chi connectivity index (χ2n) is 4.83. The zero-order chi connectivity index (χ0) is 12.1. The molecule has 1 aliphatic rings. The summed E-state index contributed by atoms with van der Waals surface area (Å²) in [6.07, 6.45) is 5.34. The van der Waals surface area contributed by atoms with Crippen LogP contribution < -0.4 is 10.1 Å². The van der Waals surface area contributed by atoms with E-state index in [2.05, 4.69) is 36.5 Å². The number of hydrogen-bond donors (Lipinski definition) is 1. The number of likely N-dealkylation sites (N-methyl/N-ethyl adjacent to an activating group) is 1. The summed E-state index contributed by atoms with van der Waals surface area (Å²) in [6.45, 7) is 3.26. The molecule has 1 aliphatic carbocycles. The number of hydrogen-bond acceptors (Lipinski definition) is 2. The summed E-state index contributed by atoms with van der Waals surface area (Å²) in [6, 6.07) is 9.25. The fraction of sp³-hybridized carbons (Fsp3) is 0.600. The molecular weight excluding hydrogens is 210 g/mol. The van der Waals surface area contributed by atoms with Gasteiger partial charge in [0, 0.05) is 6.04 Å². The molecule has 0 heterocycles. The van der Waals surface area contributed by atoms with Gasteiger partial charge in [-0.05, 0) is 43.0 Å². The topological polar surface area (TPSA) is 21.3 Å². The average Bonchev–Trinajstić information content (AvgIpc) is 2.40. The number of ether oxygens (including phenoxy) is 1. The fourth-order valence-corrected chi connectivity index (χ4v) is 2.89. The van der Waals surface area contributed by atoms with Crippen LogP contribution in [0.1, 0.15) is 44.1 Å². The summed E-state index contributed by atoms with van der Waals surface area (Å²) in [4.78, 5) is 0. The lowest BCUT2D eigenvalue weighted by Crippen LogP contribution is -2.37. The quantitative estimate of drug-likeness (QED) is 0.861. The monoisotopic (exact) mass is 233 g/mol. The van der Waals surface area contributed by atoms with Crippen LogP contribution >= 0.6 is 0 Å². The molecule has 1 saturated carbocycles. The number of benzene rings is 1.